The summed E-state index contributed by atoms with van der Waals surface area (Å²) in [6.45, 7) is 8.51. The molecule has 82 valence electrons. The lowest BCUT2D eigenvalue weighted by Crippen LogP contribution is -2.62. The molecule has 1 saturated heterocycles. The third kappa shape index (κ3) is 2.69. The Morgan fingerprint density at radius 2 is 2.00 bits per heavy atom. The van der Waals surface area contributed by atoms with Gasteiger partial charge in [-0.3, -0.25) is 10.1 Å². The lowest BCUT2D eigenvalue weighted by Gasteiger charge is -2.36. The van der Waals surface area contributed by atoms with Crippen LogP contribution in [0, 0.1) is 5.41 Å². The topological polar surface area (TPSA) is 41.1 Å². The van der Waals surface area contributed by atoms with Crippen LogP contribution >= 0.6 is 11.6 Å². The maximum Gasteiger partial charge on any atom is 0.156 e. The molecule has 3 unspecified atom stereocenters. The van der Waals surface area contributed by atoms with Crippen LogP contribution in [0.1, 0.15) is 27.7 Å². The van der Waals surface area contributed by atoms with Gasteiger partial charge in [-0.2, -0.15) is 0 Å². The van der Waals surface area contributed by atoms with E-state index in [1.807, 2.05) is 27.7 Å². The van der Waals surface area contributed by atoms with Gasteiger partial charge in [0.25, 0.3) is 0 Å². The van der Waals surface area contributed by atoms with Crippen molar-refractivity contribution in [3.8, 4) is 0 Å². The highest BCUT2D eigenvalue weighted by molar-refractivity contribution is 6.20. The molecule has 0 aromatic carbocycles. The predicted molar refractivity (Wildman–Crippen MR) is 58.5 cm³/mol. The summed E-state index contributed by atoms with van der Waals surface area (Å²) in [6, 6.07) is -0.0250. The van der Waals surface area contributed by atoms with Gasteiger partial charge >= 0.3 is 0 Å². The van der Waals surface area contributed by atoms with Crippen molar-refractivity contribution in [2.24, 2.45) is 5.41 Å². The van der Waals surface area contributed by atoms with Gasteiger partial charge in [0.05, 0.1) is 11.5 Å². The third-order valence-corrected chi connectivity index (χ3v) is 2.78. The van der Waals surface area contributed by atoms with Crippen LogP contribution in [0.4, 0.5) is 0 Å². The van der Waals surface area contributed by atoms with Crippen LogP contribution < -0.4 is 10.6 Å². The van der Waals surface area contributed by atoms with Crippen LogP contribution in [0.3, 0.4) is 0 Å². The lowest BCUT2D eigenvalue weighted by atomic mass is 9.83. The molecular weight excluding hydrogens is 200 g/mol. The maximum atomic E-state index is 12.0. The minimum absolute atomic E-state index is 0.150. The molecule has 0 radical (unpaired) electrons. The summed E-state index contributed by atoms with van der Waals surface area (Å²) < 4.78 is 0. The van der Waals surface area contributed by atoms with Crippen molar-refractivity contribution in [1.29, 1.82) is 0 Å². The largest absolute Gasteiger partial charge is 0.309 e. The third-order valence-electron chi connectivity index (χ3n) is 2.50. The van der Waals surface area contributed by atoms with Gasteiger partial charge in [-0.1, -0.05) is 20.8 Å². The van der Waals surface area contributed by atoms with Crippen molar-refractivity contribution in [3.63, 3.8) is 0 Å². The average Bonchev–Trinajstić information content (AvgIpc) is 2.06. The van der Waals surface area contributed by atoms with Gasteiger partial charge < -0.3 is 5.32 Å². The van der Waals surface area contributed by atoms with E-state index in [9.17, 15) is 4.79 Å². The van der Waals surface area contributed by atoms with Crippen LogP contribution in [0.15, 0.2) is 0 Å². The highest BCUT2D eigenvalue weighted by atomic mass is 35.5. The maximum absolute atomic E-state index is 12.0. The first-order valence-electron chi connectivity index (χ1n) is 5.00. The van der Waals surface area contributed by atoms with E-state index in [1.54, 1.807) is 0 Å². The number of piperazine rings is 1. The number of halogens is 1. The highest BCUT2D eigenvalue weighted by Gasteiger charge is 2.36. The summed E-state index contributed by atoms with van der Waals surface area (Å²) in [6.07, 6.45) is 0. The summed E-state index contributed by atoms with van der Waals surface area (Å²) in [5.41, 5.74) is -0.468. The summed E-state index contributed by atoms with van der Waals surface area (Å²) in [5.74, 6) is 0.211. The number of nitrogens with one attached hydrogen (secondary N) is 2. The van der Waals surface area contributed by atoms with Crippen LogP contribution in [0.25, 0.3) is 0 Å². The monoisotopic (exact) mass is 218 g/mol. The second-order valence-electron chi connectivity index (χ2n) is 4.92. The molecule has 2 N–H and O–H groups in total. The minimum Gasteiger partial charge on any atom is -0.309 e. The van der Waals surface area contributed by atoms with Crippen LogP contribution in [-0.4, -0.2) is 29.9 Å². The first-order chi connectivity index (χ1) is 6.32. The van der Waals surface area contributed by atoms with Crippen molar-refractivity contribution >= 4 is 17.4 Å². The Labute approximate surface area is 90.6 Å². The molecule has 0 saturated carbocycles. The van der Waals surface area contributed by atoms with E-state index in [-0.39, 0.29) is 28.8 Å². The molecular formula is C10H19ClN2O. The molecule has 0 spiro atoms. The number of Topliss-reactive ketones (excluding diaryl/α,β-unsaturated/α-hetero) is 1. The molecule has 14 heavy (non-hydrogen) atoms. The number of hydrogen-bond donors (Lipinski definition) is 2. The minimum atomic E-state index is -0.318. The highest BCUT2D eigenvalue weighted by Crippen LogP contribution is 2.20. The molecule has 0 aromatic rings. The van der Waals surface area contributed by atoms with Gasteiger partial charge in [0.1, 0.15) is 0 Å². The molecule has 0 bridgehead atoms. The zero-order valence-corrected chi connectivity index (χ0v) is 9.98. The van der Waals surface area contributed by atoms with E-state index in [2.05, 4.69) is 10.6 Å². The van der Waals surface area contributed by atoms with E-state index in [1.165, 1.54) is 0 Å². The average molecular weight is 219 g/mol. The molecule has 3 nitrogen and oxygen atoms in total. The van der Waals surface area contributed by atoms with Crippen molar-refractivity contribution in [1.82, 2.24) is 10.6 Å². The molecule has 1 aliphatic heterocycles. The van der Waals surface area contributed by atoms with E-state index in [0.29, 0.717) is 6.54 Å². The Morgan fingerprint density at radius 3 is 2.50 bits per heavy atom. The van der Waals surface area contributed by atoms with E-state index < -0.39 is 0 Å². The number of rotatable bonds is 1. The van der Waals surface area contributed by atoms with Crippen molar-refractivity contribution in [2.45, 2.75) is 45.3 Å². The standard InChI is InChI=1S/C10H19ClN2O/c1-6-8(9(14)10(2,3)4)13-7(11)5-12-6/h6-8,12-13H,5H2,1-4H3. The predicted octanol–water partition coefficient (Wildman–Crippen LogP) is 1.12. The van der Waals surface area contributed by atoms with Gasteiger partial charge in [-0.25, -0.2) is 0 Å². The molecule has 0 aliphatic carbocycles. The molecule has 3 atom stereocenters. The number of carbonyl (C=O) groups excluding carboxylic acids is 1. The van der Waals surface area contributed by atoms with Crippen molar-refractivity contribution in [3.05, 3.63) is 0 Å². The summed E-state index contributed by atoms with van der Waals surface area (Å²) >= 11 is 5.95. The fraction of sp³-hybridized carbons (Fsp3) is 0.900. The molecule has 1 aliphatic rings. The summed E-state index contributed by atoms with van der Waals surface area (Å²) in [4.78, 5) is 12.0. The Hall–Kier alpha value is -0.120. The fourth-order valence-corrected chi connectivity index (χ4v) is 1.80. The molecule has 1 rings (SSSR count). The summed E-state index contributed by atoms with van der Waals surface area (Å²) in [7, 11) is 0. The SMILES string of the molecule is CC1NCC(Cl)NC1C(=O)C(C)(C)C. The van der Waals surface area contributed by atoms with E-state index in [0.717, 1.165) is 0 Å². The second kappa shape index (κ2) is 4.17. The van der Waals surface area contributed by atoms with E-state index >= 15 is 0 Å². The molecule has 1 fully saturated rings. The molecule has 4 heteroatoms. The zero-order chi connectivity index (χ0) is 10.9. The number of carbonyl (C=O) groups is 1. The Balaban J connectivity index is 2.70. The van der Waals surface area contributed by atoms with Gasteiger partial charge in [0.15, 0.2) is 5.78 Å². The first-order valence-corrected chi connectivity index (χ1v) is 5.44. The van der Waals surface area contributed by atoms with Crippen LogP contribution in [0.2, 0.25) is 0 Å². The van der Waals surface area contributed by atoms with Crippen molar-refractivity contribution < 1.29 is 4.79 Å². The number of alkyl halides is 1. The quantitative estimate of drug-likeness (QED) is 0.512. The zero-order valence-electron chi connectivity index (χ0n) is 9.23. The smallest absolute Gasteiger partial charge is 0.156 e. The number of hydrogen-bond acceptors (Lipinski definition) is 3. The first kappa shape index (κ1) is 12.0. The lowest BCUT2D eigenvalue weighted by molar-refractivity contribution is -0.129. The van der Waals surface area contributed by atoms with Crippen molar-refractivity contribution in [2.75, 3.05) is 6.54 Å². The van der Waals surface area contributed by atoms with Gasteiger partial charge in [-0.15, -0.1) is 11.6 Å². The molecule has 0 amide bonds. The van der Waals surface area contributed by atoms with Crippen LogP contribution in [0.5, 0.6) is 0 Å². The van der Waals surface area contributed by atoms with Crippen LogP contribution in [-0.2, 0) is 4.79 Å². The fourth-order valence-electron chi connectivity index (χ4n) is 1.57. The Bertz CT molecular complexity index is 225. The molecule has 1 heterocycles. The van der Waals surface area contributed by atoms with Gasteiger partial charge in [0.2, 0.25) is 0 Å². The Kier molecular flexibility index (Phi) is 3.56. The van der Waals surface area contributed by atoms with Gasteiger partial charge in [-0.05, 0) is 6.92 Å². The Morgan fingerprint density at radius 1 is 1.43 bits per heavy atom. The normalized spacial score (nSPS) is 34.2. The second-order valence-corrected chi connectivity index (χ2v) is 5.45. The van der Waals surface area contributed by atoms with E-state index in [4.69, 9.17) is 11.6 Å². The number of ketones is 1. The van der Waals surface area contributed by atoms with Gasteiger partial charge in [0, 0.05) is 18.0 Å². The molecule has 0 aromatic heterocycles. The summed E-state index contributed by atoms with van der Waals surface area (Å²) in [5, 5.41) is 6.35.